The van der Waals surface area contributed by atoms with Crippen molar-refractivity contribution in [3.8, 4) is 0 Å². The minimum Gasteiger partial charge on any atom is -0.452 e. The van der Waals surface area contributed by atoms with Crippen LogP contribution < -0.4 is 5.32 Å². The van der Waals surface area contributed by atoms with Crippen molar-refractivity contribution in [1.82, 2.24) is 9.62 Å². The molecule has 1 amide bonds. The van der Waals surface area contributed by atoms with E-state index in [2.05, 4.69) is 5.32 Å². The monoisotopic (exact) mass is 398 g/mol. The summed E-state index contributed by atoms with van der Waals surface area (Å²) in [6, 6.07) is 4.32. The quantitative estimate of drug-likeness (QED) is 0.645. The maximum atomic E-state index is 12.8. The Hall–Kier alpha value is -1.93. The van der Waals surface area contributed by atoms with Gasteiger partial charge in [0, 0.05) is 19.1 Å². The van der Waals surface area contributed by atoms with Crippen LogP contribution in [0, 0.1) is 12.8 Å². The lowest BCUT2D eigenvalue weighted by molar-refractivity contribution is -0.125. The Morgan fingerprint density at radius 2 is 1.74 bits per heavy atom. The van der Waals surface area contributed by atoms with Gasteiger partial charge >= 0.3 is 5.97 Å². The van der Waals surface area contributed by atoms with Crippen molar-refractivity contribution in [1.29, 1.82) is 0 Å². The highest BCUT2D eigenvalue weighted by molar-refractivity contribution is 7.89. The van der Waals surface area contributed by atoms with Gasteiger partial charge in [0.2, 0.25) is 10.0 Å². The Morgan fingerprint density at radius 1 is 1.15 bits per heavy atom. The summed E-state index contributed by atoms with van der Waals surface area (Å²) >= 11 is 0. The average Bonchev–Trinajstić information content (AvgIpc) is 2.60. The van der Waals surface area contributed by atoms with Gasteiger partial charge < -0.3 is 10.1 Å². The molecule has 152 valence electrons. The van der Waals surface area contributed by atoms with E-state index in [9.17, 15) is 18.0 Å². The molecule has 1 atom stereocenters. The van der Waals surface area contributed by atoms with Crippen LogP contribution in [0.25, 0.3) is 0 Å². The third-order valence-electron chi connectivity index (χ3n) is 4.47. The van der Waals surface area contributed by atoms with Crippen LogP contribution in [-0.4, -0.2) is 50.3 Å². The maximum absolute atomic E-state index is 12.8. The number of hydrogen-bond donors (Lipinski definition) is 1. The van der Waals surface area contributed by atoms with Crippen LogP contribution in [0.2, 0.25) is 0 Å². The Bertz CT molecular complexity index is 770. The van der Waals surface area contributed by atoms with E-state index in [1.165, 1.54) is 16.4 Å². The molecule has 0 spiro atoms. The molecule has 0 heterocycles. The summed E-state index contributed by atoms with van der Waals surface area (Å²) < 4.78 is 31.9. The second-order valence-electron chi connectivity index (χ2n) is 6.75. The summed E-state index contributed by atoms with van der Waals surface area (Å²) in [7, 11) is -3.70. The molecule has 8 heteroatoms. The lowest BCUT2D eigenvalue weighted by Crippen LogP contribution is -2.38. The van der Waals surface area contributed by atoms with Gasteiger partial charge in [0.05, 0.1) is 10.5 Å². The van der Waals surface area contributed by atoms with Gasteiger partial charge in [-0.25, -0.2) is 13.2 Å². The number of esters is 1. The van der Waals surface area contributed by atoms with Crippen molar-refractivity contribution >= 4 is 21.9 Å². The molecule has 0 unspecified atom stereocenters. The number of nitrogens with zero attached hydrogens (tertiary/aromatic N) is 1. The SMILES string of the molecule is CCN(CC)S(=O)(=O)c1cc(C(=O)OCC(=O)N[C@H](C)C(C)C)ccc1C. The number of benzene rings is 1. The molecule has 0 aliphatic rings. The number of carbonyl (C=O) groups is 2. The number of carbonyl (C=O) groups excluding carboxylic acids is 2. The van der Waals surface area contributed by atoms with Crippen LogP contribution in [-0.2, 0) is 19.6 Å². The highest BCUT2D eigenvalue weighted by atomic mass is 32.2. The number of hydrogen-bond acceptors (Lipinski definition) is 5. The molecule has 0 saturated carbocycles. The standard InChI is InChI=1S/C19H30N2O5S/c1-7-21(8-2)27(24,25)17-11-16(10-9-14(17)5)19(23)26-12-18(22)20-15(6)13(3)4/h9-11,13,15H,7-8,12H2,1-6H3,(H,20,22)/t15-/m1/s1. The van der Waals surface area contributed by atoms with Crippen molar-refractivity contribution in [2.24, 2.45) is 5.92 Å². The first-order valence-electron chi connectivity index (χ1n) is 9.11. The third-order valence-corrected chi connectivity index (χ3v) is 6.66. The van der Waals surface area contributed by atoms with Crippen molar-refractivity contribution in [2.75, 3.05) is 19.7 Å². The van der Waals surface area contributed by atoms with E-state index in [-0.39, 0.29) is 22.4 Å². The van der Waals surface area contributed by atoms with E-state index < -0.39 is 28.5 Å². The molecule has 0 saturated heterocycles. The molecule has 0 aliphatic carbocycles. The highest BCUT2D eigenvalue weighted by Crippen LogP contribution is 2.21. The molecular formula is C19H30N2O5S. The fraction of sp³-hybridized carbons (Fsp3) is 0.579. The number of sulfonamides is 1. The van der Waals surface area contributed by atoms with Gasteiger partial charge in [-0.05, 0) is 37.5 Å². The first kappa shape index (κ1) is 23.1. The minimum atomic E-state index is -3.70. The Kier molecular flexibility index (Phi) is 8.43. The fourth-order valence-corrected chi connectivity index (χ4v) is 4.09. The zero-order valence-corrected chi connectivity index (χ0v) is 17.7. The third kappa shape index (κ3) is 6.04. The van der Waals surface area contributed by atoms with E-state index in [1.807, 2.05) is 20.8 Å². The van der Waals surface area contributed by atoms with Gasteiger partial charge in [0.1, 0.15) is 0 Å². The number of rotatable bonds is 9. The molecule has 27 heavy (non-hydrogen) atoms. The van der Waals surface area contributed by atoms with E-state index in [0.29, 0.717) is 18.7 Å². The number of nitrogens with one attached hydrogen (secondary N) is 1. The van der Waals surface area contributed by atoms with Crippen LogP contribution in [0.3, 0.4) is 0 Å². The van der Waals surface area contributed by atoms with Gasteiger partial charge in [-0.3, -0.25) is 4.79 Å². The Balaban J connectivity index is 2.93. The van der Waals surface area contributed by atoms with Gasteiger partial charge in [-0.15, -0.1) is 0 Å². The van der Waals surface area contributed by atoms with Crippen molar-refractivity contribution < 1.29 is 22.7 Å². The van der Waals surface area contributed by atoms with Crippen LogP contribution in [0.1, 0.15) is 50.5 Å². The summed E-state index contributed by atoms with van der Waals surface area (Å²) in [4.78, 5) is 24.2. The predicted octanol–water partition coefficient (Wildman–Crippen LogP) is 2.34. The lowest BCUT2D eigenvalue weighted by Gasteiger charge is -2.20. The first-order chi connectivity index (χ1) is 12.5. The topological polar surface area (TPSA) is 92.8 Å². The van der Waals surface area contributed by atoms with Crippen LogP contribution in [0.5, 0.6) is 0 Å². The molecular weight excluding hydrogens is 368 g/mol. The highest BCUT2D eigenvalue weighted by Gasteiger charge is 2.25. The molecule has 0 radical (unpaired) electrons. The smallest absolute Gasteiger partial charge is 0.338 e. The number of amides is 1. The first-order valence-corrected chi connectivity index (χ1v) is 10.6. The number of aryl methyl sites for hydroxylation is 1. The lowest BCUT2D eigenvalue weighted by atomic mass is 10.1. The molecule has 1 rings (SSSR count). The van der Waals surface area contributed by atoms with Gasteiger partial charge in [0.15, 0.2) is 6.61 Å². The summed E-state index contributed by atoms with van der Waals surface area (Å²) in [5.41, 5.74) is 0.637. The van der Waals surface area contributed by atoms with Gasteiger partial charge in [-0.1, -0.05) is 33.8 Å². The van der Waals surface area contributed by atoms with Crippen molar-refractivity contribution in [3.63, 3.8) is 0 Å². The molecule has 1 N–H and O–H groups in total. The molecule has 0 aromatic heterocycles. The molecule has 1 aromatic carbocycles. The maximum Gasteiger partial charge on any atom is 0.338 e. The molecule has 1 aromatic rings. The van der Waals surface area contributed by atoms with E-state index in [1.54, 1.807) is 26.8 Å². The van der Waals surface area contributed by atoms with Crippen molar-refractivity contribution in [3.05, 3.63) is 29.3 Å². The summed E-state index contributed by atoms with van der Waals surface area (Å²) in [5, 5.41) is 2.74. The van der Waals surface area contributed by atoms with Crippen LogP contribution >= 0.6 is 0 Å². The zero-order valence-electron chi connectivity index (χ0n) is 16.9. The largest absolute Gasteiger partial charge is 0.452 e. The Morgan fingerprint density at radius 3 is 2.26 bits per heavy atom. The van der Waals surface area contributed by atoms with Gasteiger partial charge in [-0.2, -0.15) is 4.31 Å². The molecule has 0 aliphatic heterocycles. The minimum absolute atomic E-state index is 0.0404. The van der Waals surface area contributed by atoms with Crippen LogP contribution in [0.15, 0.2) is 23.1 Å². The number of ether oxygens (including phenoxy) is 1. The van der Waals surface area contributed by atoms with E-state index >= 15 is 0 Å². The molecule has 7 nitrogen and oxygen atoms in total. The van der Waals surface area contributed by atoms with E-state index in [4.69, 9.17) is 4.74 Å². The summed E-state index contributed by atoms with van der Waals surface area (Å²) in [5.74, 6) is -0.874. The fourth-order valence-electron chi connectivity index (χ4n) is 2.38. The van der Waals surface area contributed by atoms with Gasteiger partial charge in [0.25, 0.3) is 5.91 Å². The normalized spacial score (nSPS) is 12.9. The Labute approximate surface area is 162 Å². The summed E-state index contributed by atoms with van der Waals surface area (Å²) in [6.07, 6.45) is 0. The summed E-state index contributed by atoms with van der Waals surface area (Å²) in [6.45, 7) is 11.3. The van der Waals surface area contributed by atoms with Crippen LogP contribution in [0.4, 0.5) is 0 Å². The average molecular weight is 399 g/mol. The predicted molar refractivity (Wildman–Crippen MR) is 104 cm³/mol. The van der Waals surface area contributed by atoms with Crippen molar-refractivity contribution in [2.45, 2.75) is 52.5 Å². The zero-order chi connectivity index (χ0) is 20.8. The molecule has 0 fully saturated rings. The van der Waals surface area contributed by atoms with E-state index in [0.717, 1.165) is 0 Å². The second kappa shape index (κ2) is 9.85. The molecule has 0 bridgehead atoms. The second-order valence-corrected chi connectivity index (χ2v) is 8.65.